The molecule has 1 aliphatic carbocycles. The minimum atomic E-state index is -0.0783. The number of carbonyl (C=O) groups excluding carboxylic acids is 1. The van der Waals surface area contributed by atoms with Crippen LogP contribution in [0.3, 0.4) is 0 Å². The van der Waals surface area contributed by atoms with Gasteiger partial charge in [-0.3, -0.25) is 4.79 Å². The van der Waals surface area contributed by atoms with Gasteiger partial charge in [-0.05, 0) is 49.3 Å². The Labute approximate surface area is 114 Å². The highest BCUT2D eigenvalue weighted by atomic mass is 16.1. The van der Waals surface area contributed by atoms with E-state index in [0.29, 0.717) is 22.9 Å². The molecule has 2 rings (SSSR count). The smallest absolute Gasteiger partial charge is 0.251 e. The molecule has 104 valence electrons. The average molecular weight is 261 g/mol. The summed E-state index contributed by atoms with van der Waals surface area (Å²) in [5.41, 5.74) is 13.0. The molecule has 0 aliphatic heterocycles. The number of anilines is 2. The Bertz CT molecular complexity index is 452. The first kappa shape index (κ1) is 13.7. The molecule has 1 aromatic rings. The maximum atomic E-state index is 12.2. The SMILES string of the molecule is CC1CCC(NC(=O)c2cc(N)cc(N)c2)C(C)C1. The van der Waals surface area contributed by atoms with Crippen LogP contribution in [0.1, 0.15) is 43.5 Å². The van der Waals surface area contributed by atoms with Gasteiger partial charge in [-0.15, -0.1) is 0 Å². The van der Waals surface area contributed by atoms with Crippen LogP contribution in [0.2, 0.25) is 0 Å². The molecular weight excluding hydrogens is 238 g/mol. The van der Waals surface area contributed by atoms with Crippen molar-refractivity contribution < 1.29 is 4.79 Å². The van der Waals surface area contributed by atoms with E-state index in [1.54, 1.807) is 18.2 Å². The van der Waals surface area contributed by atoms with E-state index in [0.717, 1.165) is 12.3 Å². The molecule has 3 unspecified atom stereocenters. The predicted molar refractivity (Wildman–Crippen MR) is 78.7 cm³/mol. The Morgan fingerprint density at radius 1 is 1.16 bits per heavy atom. The standard InChI is InChI=1S/C15H23N3O/c1-9-3-4-14(10(2)5-9)18-15(19)11-6-12(16)8-13(17)7-11/h6-10,14H,3-5,16-17H2,1-2H3,(H,18,19). The van der Waals surface area contributed by atoms with E-state index in [4.69, 9.17) is 11.5 Å². The third-order valence-corrected chi connectivity index (χ3v) is 3.99. The second kappa shape index (κ2) is 5.51. The number of nitrogens with one attached hydrogen (secondary N) is 1. The molecule has 1 fully saturated rings. The van der Waals surface area contributed by atoms with Crippen molar-refractivity contribution in [1.82, 2.24) is 5.32 Å². The summed E-state index contributed by atoms with van der Waals surface area (Å²) in [4.78, 5) is 12.2. The molecule has 0 radical (unpaired) electrons. The van der Waals surface area contributed by atoms with Crippen molar-refractivity contribution in [2.75, 3.05) is 11.5 Å². The monoisotopic (exact) mass is 261 g/mol. The van der Waals surface area contributed by atoms with E-state index >= 15 is 0 Å². The van der Waals surface area contributed by atoms with E-state index < -0.39 is 0 Å². The fourth-order valence-electron chi connectivity index (χ4n) is 2.94. The topological polar surface area (TPSA) is 81.1 Å². The zero-order valence-corrected chi connectivity index (χ0v) is 11.6. The first-order valence-electron chi connectivity index (χ1n) is 6.92. The summed E-state index contributed by atoms with van der Waals surface area (Å²) >= 11 is 0. The molecule has 19 heavy (non-hydrogen) atoms. The van der Waals surface area contributed by atoms with Gasteiger partial charge in [0.15, 0.2) is 0 Å². The van der Waals surface area contributed by atoms with Gasteiger partial charge in [-0.2, -0.15) is 0 Å². The van der Waals surface area contributed by atoms with Crippen LogP contribution in [-0.2, 0) is 0 Å². The summed E-state index contributed by atoms with van der Waals surface area (Å²) in [5.74, 6) is 1.20. The van der Waals surface area contributed by atoms with E-state index in [2.05, 4.69) is 19.2 Å². The molecule has 4 nitrogen and oxygen atoms in total. The van der Waals surface area contributed by atoms with Gasteiger partial charge in [-0.25, -0.2) is 0 Å². The highest BCUT2D eigenvalue weighted by molar-refractivity contribution is 5.96. The van der Waals surface area contributed by atoms with Crippen LogP contribution >= 0.6 is 0 Å². The van der Waals surface area contributed by atoms with Gasteiger partial charge in [0.25, 0.3) is 5.91 Å². The molecular formula is C15H23N3O. The van der Waals surface area contributed by atoms with E-state index in [1.165, 1.54) is 12.8 Å². The van der Waals surface area contributed by atoms with Gasteiger partial charge in [-0.1, -0.05) is 13.8 Å². The Kier molecular flexibility index (Phi) is 3.98. The van der Waals surface area contributed by atoms with Crippen molar-refractivity contribution >= 4 is 17.3 Å². The van der Waals surface area contributed by atoms with Crippen molar-refractivity contribution in [2.24, 2.45) is 11.8 Å². The summed E-state index contributed by atoms with van der Waals surface area (Å²) in [7, 11) is 0. The number of hydrogen-bond donors (Lipinski definition) is 3. The molecule has 1 amide bonds. The number of nitrogens with two attached hydrogens (primary N) is 2. The molecule has 4 heteroatoms. The number of nitrogen functional groups attached to an aromatic ring is 2. The van der Waals surface area contributed by atoms with Crippen molar-refractivity contribution in [1.29, 1.82) is 0 Å². The van der Waals surface area contributed by atoms with Crippen LogP contribution in [0.15, 0.2) is 18.2 Å². The summed E-state index contributed by atoms with van der Waals surface area (Å²) in [6.45, 7) is 4.47. The van der Waals surface area contributed by atoms with Gasteiger partial charge in [0.1, 0.15) is 0 Å². The number of amides is 1. The Morgan fingerprint density at radius 2 is 1.79 bits per heavy atom. The Hall–Kier alpha value is -1.71. The zero-order valence-electron chi connectivity index (χ0n) is 11.6. The summed E-state index contributed by atoms with van der Waals surface area (Å²) in [6.07, 6.45) is 3.39. The molecule has 1 aromatic carbocycles. The lowest BCUT2D eigenvalue weighted by molar-refractivity contribution is 0.0899. The van der Waals surface area contributed by atoms with Gasteiger partial charge >= 0.3 is 0 Å². The Morgan fingerprint density at radius 3 is 2.37 bits per heavy atom. The molecule has 0 spiro atoms. The number of rotatable bonds is 2. The fourth-order valence-corrected chi connectivity index (χ4v) is 2.94. The summed E-state index contributed by atoms with van der Waals surface area (Å²) < 4.78 is 0. The van der Waals surface area contributed by atoms with Gasteiger partial charge in [0.2, 0.25) is 0 Å². The second-order valence-corrected chi connectivity index (χ2v) is 5.86. The Balaban J connectivity index is 2.04. The van der Waals surface area contributed by atoms with Gasteiger partial charge in [0.05, 0.1) is 0 Å². The van der Waals surface area contributed by atoms with Crippen LogP contribution in [0.25, 0.3) is 0 Å². The maximum Gasteiger partial charge on any atom is 0.251 e. The average Bonchev–Trinajstić information content (AvgIpc) is 2.31. The lowest BCUT2D eigenvalue weighted by Crippen LogP contribution is -2.42. The zero-order chi connectivity index (χ0) is 14.0. The van der Waals surface area contributed by atoms with E-state index in [-0.39, 0.29) is 11.9 Å². The molecule has 1 saturated carbocycles. The highest BCUT2D eigenvalue weighted by Gasteiger charge is 2.26. The van der Waals surface area contributed by atoms with E-state index in [1.807, 2.05) is 0 Å². The summed E-state index contributed by atoms with van der Waals surface area (Å²) in [6, 6.07) is 5.25. The van der Waals surface area contributed by atoms with Crippen molar-refractivity contribution in [3.8, 4) is 0 Å². The largest absolute Gasteiger partial charge is 0.399 e. The first-order valence-corrected chi connectivity index (χ1v) is 6.92. The molecule has 0 heterocycles. The normalized spacial score (nSPS) is 26.9. The minimum Gasteiger partial charge on any atom is -0.399 e. The molecule has 0 bridgehead atoms. The van der Waals surface area contributed by atoms with Crippen molar-refractivity contribution in [2.45, 2.75) is 39.2 Å². The van der Waals surface area contributed by atoms with Gasteiger partial charge < -0.3 is 16.8 Å². The number of carbonyl (C=O) groups is 1. The van der Waals surface area contributed by atoms with Crippen LogP contribution in [0, 0.1) is 11.8 Å². The highest BCUT2D eigenvalue weighted by Crippen LogP contribution is 2.28. The predicted octanol–water partition coefficient (Wildman–Crippen LogP) is 2.41. The molecule has 0 saturated heterocycles. The lowest BCUT2D eigenvalue weighted by Gasteiger charge is -2.33. The van der Waals surface area contributed by atoms with Crippen LogP contribution in [0.5, 0.6) is 0 Å². The number of hydrogen-bond acceptors (Lipinski definition) is 3. The third-order valence-electron chi connectivity index (χ3n) is 3.99. The maximum absolute atomic E-state index is 12.2. The van der Waals surface area contributed by atoms with E-state index in [9.17, 15) is 4.79 Å². The molecule has 3 atom stereocenters. The van der Waals surface area contributed by atoms with Crippen LogP contribution in [0.4, 0.5) is 11.4 Å². The van der Waals surface area contributed by atoms with Crippen molar-refractivity contribution in [3.63, 3.8) is 0 Å². The summed E-state index contributed by atoms with van der Waals surface area (Å²) in [5, 5.41) is 3.11. The minimum absolute atomic E-state index is 0.0783. The van der Waals surface area contributed by atoms with Gasteiger partial charge in [0, 0.05) is 23.0 Å². The van der Waals surface area contributed by atoms with Crippen molar-refractivity contribution in [3.05, 3.63) is 23.8 Å². The molecule has 0 aromatic heterocycles. The lowest BCUT2D eigenvalue weighted by atomic mass is 9.80. The van der Waals surface area contributed by atoms with Crippen LogP contribution in [-0.4, -0.2) is 11.9 Å². The third kappa shape index (κ3) is 3.40. The second-order valence-electron chi connectivity index (χ2n) is 5.86. The quantitative estimate of drug-likeness (QED) is 0.715. The first-order chi connectivity index (χ1) is 8.95. The number of benzene rings is 1. The fraction of sp³-hybridized carbons (Fsp3) is 0.533. The van der Waals surface area contributed by atoms with Crippen LogP contribution < -0.4 is 16.8 Å². The molecule has 5 N–H and O–H groups in total. The molecule has 1 aliphatic rings.